The largest absolute Gasteiger partial charge is 0.494 e. The molecule has 0 radical (unpaired) electrons. The highest BCUT2D eigenvalue weighted by Gasteiger charge is 2.53. The number of benzene rings is 1. The highest BCUT2D eigenvalue weighted by atomic mass is 32.1. The van der Waals surface area contributed by atoms with Crippen LogP contribution in [0.2, 0.25) is 0 Å². The summed E-state index contributed by atoms with van der Waals surface area (Å²) >= 11 is 1.39. The van der Waals surface area contributed by atoms with Gasteiger partial charge in [-0.3, -0.25) is 14.5 Å². The van der Waals surface area contributed by atoms with Crippen LogP contribution in [0.4, 0.5) is 5.13 Å². The Morgan fingerprint density at radius 3 is 2.91 bits per heavy atom. The lowest BCUT2D eigenvalue weighted by molar-refractivity contribution is -0.131. The van der Waals surface area contributed by atoms with Crippen LogP contribution >= 0.6 is 11.3 Å². The molecule has 0 spiro atoms. The molecule has 6 nitrogen and oxygen atoms in total. The normalized spacial score (nSPS) is 24.9. The van der Waals surface area contributed by atoms with Crippen molar-refractivity contribution < 1.29 is 19.1 Å². The predicted molar refractivity (Wildman–Crippen MR) is 123 cm³/mol. The molecule has 0 bridgehead atoms. The van der Waals surface area contributed by atoms with Gasteiger partial charge < -0.3 is 9.47 Å². The standard InChI is InChI=1S/C25H28N2O4S/c1-2-3-6-13-30-17-9-7-8-16(15-17)21-20-22(28)18-10-4-5-11-19(18)31-23(20)24(29)27(21)25-26-12-14-32-25/h7-9,12,14-15,18-19,21H,2-6,10-11,13H2,1H3. The summed E-state index contributed by atoms with van der Waals surface area (Å²) in [7, 11) is 0. The first kappa shape index (κ1) is 21.2. The van der Waals surface area contributed by atoms with E-state index in [0.29, 0.717) is 17.3 Å². The Hall–Kier alpha value is -2.67. The third-order valence-corrected chi connectivity index (χ3v) is 7.35. The number of hydrogen-bond acceptors (Lipinski definition) is 6. The number of amides is 1. The maximum Gasteiger partial charge on any atom is 0.296 e. The number of rotatable bonds is 7. The lowest BCUT2D eigenvalue weighted by Crippen LogP contribution is -2.39. The van der Waals surface area contributed by atoms with Gasteiger partial charge in [0.05, 0.1) is 24.1 Å². The molecule has 168 valence electrons. The number of nitrogens with zero attached hydrogens (tertiary/aromatic N) is 2. The molecule has 1 saturated carbocycles. The van der Waals surface area contributed by atoms with Crippen LogP contribution in [0, 0.1) is 5.92 Å². The average molecular weight is 453 g/mol. The third-order valence-electron chi connectivity index (χ3n) is 6.58. The number of fused-ring (bicyclic) bond motifs is 1. The summed E-state index contributed by atoms with van der Waals surface area (Å²) in [6.45, 7) is 2.81. The summed E-state index contributed by atoms with van der Waals surface area (Å²) in [6, 6.07) is 7.20. The number of Topliss-reactive ketones (excluding diaryl/α,β-unsaturated/α-hetero) is 1. The predicted octanol–water partition coefficient (Wildman–Crippen LogP) is 5.21. The molecule has 1 aromatic carbocycles. The minimum absolute atomic E-state index is 0.0580. The van der Waals surface area contributed by atoms with Gasteiger partial charge in [0.2, 0.25) is 0 Å². The maximum atomic E-state index is 13.6. The third kappa shape index (κ3) is 3.72. The molecule has 3 heterocycles. The minimum Gasteiger partial charge on any atom is -0.494 e. The fraction of sp³-hybridized carbons (Fsp3) is 0.480. The molecule has 1 amide bonds. The first-order valence-corrected chi connectivity index (χ1v) is 12.5. The van der Waals surface area contributed by atoms with Gasteiger partial charge in [0, 0.05) is 11.6 Å². The van der Waals surface area contributed by atoms with Crippen molar-refractivity contribution in [3.63, 3.8) is 0 Å². The minimum atomic E-state index is -0.543. The zero-order valence-corrected chi connectivity index (χ0v) is 19.1. The zero-order valence-electron chi connectivity index (χ0n) is 18.3. The van der Waals surface area contributed by atoms with Crippen molar-refractivity contribution in [1.82, 2.24) is 4.98 Å². The Balaban J connectivity index is 1.53. The number of anilines is 1. The Bertz CT molecular complexity index is 1030. The van der Waals surface area contributed by atoms with Gasteiger partial charge in [-0.25, -0.2) is 4.98 Å². The van der Waals surface area contributed by atoms with E-state index in [1.165, 1.54) is 11.3 Å². The summed E-state index contributed by atoms with van der Waals surface area (Å²) in [5, 5.41) is 2.41. The highest BCUT2D eigenvalue weighted by Crippen LogP contribution is 2.48. The van der Waals surface area contributed by atoms with Crippen molar-refractivity contribution in [2.24, 2.45) is 5.92 Å². The van der Waals surface area contributed by atoms with Crippen LogP contribution in [0.5, 0.6) is 5.75 Å². The molecule has 7 heteroatoms. The van der Waals surface area contributed by atoms with E-state index in [4.69, 9.17) is 9.47 Å². The Morgan fingerprint density at radius 1 is 1.22 bits per heavy atom. The number of hydrogen-bond donors (Lipinski definition) is 0. The first-order chi connectivity index (χ1) is 15.7. The van der Waals surface area contributed by atoms with Crippen LogP contribution < -0.4 is 9.64 Å². The maximum absolute atomic E-state index is 13.6. The molecular weight excluding hydrogens is 424 g/mol. The van der Waals surface area contributed by atoms with E-state index >= 15 is 0 Å². The van der Waals surface area contributed by atoms with E-state index in [9.17, 15) is 9.59 Å². The van der Waals surface area contributed by atoms with Crippen molar-refractivity contribution in [3.8, 4) is 5.75 Å². The van der Waals surface area contributed by atoms with Crippen LogP contribution in [-0.2, 0) is 14.3 Å². The molecule has 5 rings (SSSR count). The molecule has 32 heavy (non-hydrogen) atoms. The molecule has 2 aliphatic heterocycles. The van der Waals surface area contributed by atoms with Crippen molar-refractivity contribution in [2.45, 2.75) is 64.0 Å². The van der Waals surface area contributed by atoms with Crippen molar-refractivity contribution in [2.75, 3.05) is 11.5 Å². The lowest BCUT2D eigenvalue weighted by Gasteiger charge is -2.35. The number of thiazole rings is 1. The van der Waals surface area contributed by atoms with Crippen LogP contribution in [-0.4, -0.2) is 29.4 Å². The van der Waals surface area contributed by atoms with Gasteiger partial charge in [-0.15, -0.1) is 11.3 Å². The summed E-state index contributed by atoms with van der Waals surface area (Å²) in [5.41, 5.74) is 1.33. The smallest absolute Gasteiger partial charge is 0.296 e. The van der Waals surface area contributed by atoms with Gasteiger partial charge >= 0.3 is 0 Å². The molecular formula is C25H28N2O4S. The number of unbranched alkanes of at least 4 members (excludes halogenated alkanes) is 2. The Kier molecular flexibility index (Phi) is 6.00. The number of carbonyl (C=O) groups excluding carboxylic acids is 2. The van der Waals surface area contributed by atoms with Gasteiger partial charge in [0.1, 0.15) is 11.9 Å². The van der Waals surface area contributed by atoms with Gasteiger partial charge in [-0.05, 0) is 43.4 Å². The number of ketones is 1. The molecule has 3 atom stereocenters. The molecule has 0 N–H and O–H groups in total. The van der Waals surface area contributed by atoms with Gasteiger partial charge in [-0.2, -0.15) is 0 Å². The molecule has 0 saturated heterocycles. The van der Waals surface area contributed by atoms with Crippen LogP contribution in [0.3, 0.4) is 0 Å². The zero-order chi connectivity index (χ0) is 22.1. The average Bonchev–Trinajstić information content (AvgIpc) is 3.44. The van der Waals surface area contributed by atoms with Crippen LogP contribution in [0.15, 0.2) is 47.2 Å². The van der Waals surface area contributed by atoms with Crippen LogP contribution in [0.1, 0.15) is 63.5 Å². The lowest BCUT2D eigenvalue weighted by atomic mass is 9.77. The van der Waals surface area contributed by atoms with Gasteiger partial charge in [-0.1, -0.05) is 38.3 Å². The van der Waals surface area contributed by atoms with Crippen LogP contribution in [0.25, 0.3) is 0 Å². The molecule has 2 aromatic rings. The molecule has 3 aliphatic rings. The van der Waals surface area contributed by atoms with Crippen molar-refractivity contribution in [3.05, 3.63) is 52.7 Å². The first-order valence-electron chi connectivity index (χ1n) is 11.6. The fourth-order valence-corrected chi connectivity index (χ4v) is 5.68. The van der Waals surface area contributed by atoms with Gasteiger partial charge in [0.15, 0.2) is 16.7 Å². The van der Waals surface area contributed by atoms with E-state index < -0.39 is 6.04 Å². The summed E-state index contributed by atoms with van der Waals surface area (Å²) in [4.78, 5) is 33.2. The number of ether oxygens (including phenoxy) is 2. The van der Waals surface area contributed by atoms with E-state index in [2.05, 4.69) is 11.9 Å². The second kappa shape index (κ2) is 9.06. The Morgan fingerprint density at radius 2 is 2.09 bits per heavy atom. The Labute approximate surface area is 192 Å². The molecule has 1 fully saturated rings. The van der Waals surface area contributed by atoms with E-state index in [-0.39, 0.29) is 29.5 Å². The summed E-state index contributed by atoms with van der Waals surface area (Å²) < 4.78 is 12.2. The summed E-state index contributed by atoms with van der Waals surface area (Å²) in [5.74, 6) is 0.586. The fourth-order valence-electron chi connectivity index (χ4n) is 5.01. The SMILES string of the molecule is CCCCCOc1cccc(C2C3=C(OC4CCCCC4C3=O)C(=O)N2c2nccs2)c1. The van der Waals surface area contributed by atoms with Crippen molar-refractivity contribution >= 4 is 28.2 Å². The van der Waals surface area contributed by atoms with E-state index in [1.807, 2.05) is 29.6 Å². The highest BCUT2D eigenvalue weighted by molar-refractivity contribution is 7.13. The summed E-state index contributed by atoms with van der Waals surface area (Å²) in [6.07, 6.45) is 8.44. The van der Waals surface area contributed by atoms with E-state index in [1.54, 1.807) is 11.1 Å². The second-order valence-corrected chi connectivity index (χ2v) is 9.55. The van der Waals surface area contributed by atoms with E-state index in [0.717, 1.165) is 56.3 Å². The number of aromatic nitrogens is 1. The van der Waals surface area contributed by atoms with Gasteiger partial charge in [0.25, 0.3) is 5.91 Å². The molecule has 1 aliphatic carbocycles. The molecule has 1 aromatic heterocycles. The van der Waals surface area contributed by atoms with Crippen molar-refractivity contribution in [1.29, 1.82) is 0 Å². The number of carbonyl (C=O) groups is 2. The molecule has 3 unspecified atom stereocenters. The second-order valence-electron chi connectivity index (χ2n) is 8.67. The topological polar surface area (TPSA) is 68.7 Å². The quantitative estimate of drug-likeness (QED) is 0.539. The monoisotopic (exact) mass is 452 g/mol.